The van der Waals surface area contributed by atoms with Crippen molar-refractivity contribution in [3.8, 4) is 10.7 Å². The molecule has 2 aliphatic rings. The molecule has 0 radical (unpaired) electrons. The van der Waals surface area contributed by atoms with Gasteiger partial charge in [-0.25, -0.2) is 4.98 Å². The van der Waals surface area contributed by atoms with Crippen LogP contribution < -0.4 is 5.32 Å². The van der Waals surface area contributed by atoms with E-state index in [4.69, 9.17) is 0 Å². The van der Waals surface area contributed by atoms with Gasteiger partial charge in [-0.05, 0) is 18.6 Å². The number of nitrogens with one attached hydrogen (secondary N) is 1. The smallest absolute Gasteiger partial charge is 0.228 e. The molecular weight excluding hydrogens is 405 g/mol. The van der Waals surface area contributed by atoms with Crippen LogP contribution in [-0.4, -0.2) is 71.0 Å². The van der Waals surface area contributed by atoms with Gasteiger partial charge in [0.25, 0.3) is 0 Å². The molecule has 148 valence electrons. The molecule has 1 N–H and O–H groups in total. The van der Waals surface area contributed by atoms with Crippen LogP contribution in [0.5, 0.6) is 0 Å². The summed E-state index contributed by atoms with van der Waals surface area (Å²) in [6.07, 6.45) is 3.24. The Morgan fingerprint density at radius 2 is 2.04 bits per heavy atom. The molecular formula is C18H25Cl2N5OS. The van der Waals surface area contributed by atoms with Crippen LogP contribution in [0.1, 0.15) is 12.1 Å². The maximum absolute atomic E-state index is 12.6. The Bertz CT molecular complexity index is 724. The minimum Gasteiger partial charge on any atom is -0.341 e. The molecule has 0 aliphatic carbocycles. The van der Waals surface area contributed by atoms with Crippen LogP contribution in [0.3, 0.4) is 0 Å². The largest absolute Gasteiger partial charge is 0.341 e. The van der Waals surface area contributed by atoms with Crippen molar-refractivity contribution in [1.82, 2.24) is 25.1 Å². The highest BCUT2D eigenvalue weighted by molar-refractivity contribution is 7.13. The molecule has 1 unspecified atom stereocenters. The normalized spacial score (nSPS) is 20.0. The molecule has 2 fully saturated rings. The first-order valence-corrected chi connectivity index (χ1v) is 9.76. The number of piperazine rings is 1. The Morgan fingerprint density at radius 3 is 2.78 bits per heavy atom. The molecule has 2 saturated heterocycles. The van der Waals surface area contributed by atoms with Crippen LogP contribution in [0.25, 0.3) is 10.7 Å². The Kier molecular flexibility index (Phi) is 8.44. The number of rotatable bonds is 4. The first-order chi connectivity index (χ1) is 12.3. The number of nitrogens with zero attached hydrogens (tertiary/aromatic N) is 4. The predicted octanol–water partition coefficient (Wildman–Crippen LogP) is 2.10. The Hall–Kier alpha value is -1.25. The molecule has 27 heavy (non-hydrogen) atoms. The van der Waals surface area contributed by atoms with Crippen molar-refractivity contribution in [3.05, 3.63) is 35.5 Å². The van der Waals surface area contributed by atoms with Gasteiger partial charge in [0, 0.05) is 56.9 Å². The molecule has 0 saturated carbocycles. The van der Waals surface area contributed by atoms with Crippen molar-refractivity contribution < 1.29 is 4.79 Å². The number of likely N-dealkylation sites (tertiary alicyclic amines) is 1. The quantitative estimate of drug-likeness (QED) is 0.805. The van der Waals surface area contributed by atoms with E-state index in [0.717, 1.165) is 62.1 Å². The zero-order chi connectivity index (χ0) is 17.1. The van der Waals surface area contributed by atoms with Gasteiger partial charge in [-0.1, -0.05) is 6.07 Å². The summed E-state index contributed by atoms with van der Waals surface area (Å²) in [7, 11) is 0. The lowest BCUT2D eigenvalue weighted by molar-refractivity contribution is -0.129. The predicted molar refractivity (Wildman–Crippen MR) is 113 cm³/mol. The summed E-state index contributed by atoms with van der Waals surface area (Å²) in [5.74, 6) is 0.190. The fraction of sp³-hybridized carbons (Fsp3) is 0.500. The van der Waals surface area contributed by atoms with E-state index in [0.29, 0.717) is 12.5 Å². The van der Waals surface area contributed by atoms with E-state index in [2.05, 4.69) is 20.2 Å². The summed E-state index contributed by atoms with van der Waals surface area (Å²) in [5.41, 5.74) is 1.72. The summed E-state index contributed by atoms with van der Waals surface area (Å²) < 4.78 is 0. The topological polar surface area (TPSA) is 61.4 Å². The molecule has 0 bridgehead atoms. The number of thiazole rings is 1. The monoisotopic (exact) mass is 429 g/mol. The van der Waals surface area contributed by atoms with Crippen LogP contribution in [0, 0.1) is 0 Å². The highest BCUT2D eigenvalue weighted by Gasteiger charge is 2.31. The van der Waals surface area contributed by atoms with Crippen LogP contribution in [0.15, 0.2) is 29.8 Å². The second-order valence-electron chi connectivity index (χ2n) is 6.60. The first kappa shape index (κ1) is 22.0. The number of halogens is 2. The zero-order valence-electron chi connectivity index (χ0n) is 15.0. The van der Waals surface area contributed by atoms with Gasteiger partial charge in [-0.2, -0.15) is 0 Å². The van der Waals surface area contributed by atoms with Gasteiger partial charge in [0.15, 0.2) is 0 Å². The summed E-state index contributed by atoms with van der Waals surface area (Å²) in [6.45, 7) is 6.01. The number of carbonyl (C=O) groups excluding carboxylic acids is 1. The average molecular weight is 430 g/mol. The van der Waals surface area contributed by atoms with Gasteiger partial charge >= 0.3 is 0 Å². The Morgan fingerprint density at radius 1 is 1.22 bits per heavy atom. The lowest BCUT2D eigenvalue weighted by atomic mass is 10.2. The molecule has 4 heterocycles. The second kappa shape index (κ2) is 10.3. The van der Waals surface area contributed by atoms with E-state index in [-0.39, 0.29) is 30.7 Å². The van der Waals surface area contributed by atoms with Gasteiger partial charge < -0.3 is 10.2 Å². The molecule has 1 atom stereocenters. The second-order valence-corrected chi connectivity index (χ2v) is 7.46. The van der Waals surface area contributed by atoms with E-state index in [1.807, 2.05) is 28.5 Å². The highest BCUT2D eigenvalue weighted by atomic mass is 35.5. The number of hydrogen-bond donors (Lipinski definition) is 1. The fourth-order valence-electron chi connectivity index (χ4n) is 3.58. The number of hydrogen-bond acceptors (Lipinski definition) is 6. The minimum absolute atomic E-state index is 0. The summed E-state index contributed by atoms with van der Waals surface area (Å²) in [6, 6.07) is 6.31. The van der Waals surface area contributed by atoms with E-state index < -0.39 is 0 Å². The molecule has 6 nitrogen and oxygen atoms in total. The van der Waals surface area contributed by atoms with Gasteiger partial charge in [-0.3, -0.25) is 14.7 Å². The highest BCUT2D eigenvalue weighted by Crippen LogP contribution is 2.23. The third-order valence-electron chi connectivity index (χ3n) is 4.95. The summed E-state index contributed by atoms with van der Waals surface area (Å²) in [4.78, 5) is 26.1. The fourth-order valence-corrected chi connectivity index (χ4v) is 4.37. The number of aromatic nitrogens is 2. The average Bonchev–Trinajstić information content (AvgIpc) is 3.33. The lowest BCUT2D eigenvalue weighted by Gasteiger charge is -2.32. The molecule has 0 aromatic carbocycles. The summed E-state index contributed by atoms with van der Waals surface area (Å²) >= 11 is 1.55. The van der Waals surface area contributed by atoms with Gasteiger partial charge in [0.05, 0.1) is 17.8 Å². The third-order valence-corrected chi connectivity index (χ3v) is 5.87. The molecule has 2 aromatic heterocycles. The molecule has 0 spiro atoms. The minimum atomic E-state index is 0. The van der Waals surface area contributed by atoms with Gasteiger partial charge in [0.1, 0.15) is 5.01 Å². The molecule has 1 amide bonds. The number of amides is 1. The molecule has 2 aliphatic heterocycles. The Labute approximate surface area is 176 Å². The van der Waals surface area contributed by atoms with Crippen LogP contribution >= 0.6 is 36.2 Å². The van der Waals surface area contributed by atoms with E-state index in [9.17, 15) is 4.79 Å². The van der Waals surface area contributed by atoms with E-state index >= 15 is 0 Å². The van der Waals surface area contributed by atoms with Crippen molar-refractivity contribution >= 4 is 42.1 Å². The van der Waals surface area contributed by atoms with Crippen LogP contribution in [-0.2, 0) is 11.2 Å². The van der Waals surface area contributed by atoms with Gasteiger partial charge in [0.2, 0.25) is 5.91 Å². The maximum atomic E-state index is 12.6. The third kappa shape index (κ3) is 5.39. The SMILES string of the molecule is Cl.Cl.O=C(Cc1csc(-c2ccccn2)n1)N1CCC(N2CCNCC2)C1. The van der Waals surface area contributed by atoms with Crippen molar-refractivity contribution in [3.63, 3.8) is 0 Å². The Balaban J connectivity index is 0.00000131. The van der Waals surface area contributed by atoms with E-state index in [1.165, 1.54) is 0 Å². The van der Waals surface area contributed by atoms with Gasteiger partial charge in [-0.15, -0.1) is 36.2 Å². The van der Waals surface area contributed by atoms with Crippen LogP contribution in [0.4, 0.5) is 0 Å². The van der Waals surface area contributed by atoms with Crippen molar-refractivity contribution in [2.45, 2.75) is 18.9 Å². The lowest BCUT2D eigenvalue weighted by Crippen LogP contribution is -2.49. The standard InChI is InChI=1S/C18H23N5OS.2ClH/c24-17(23-8-4-15(12-23)22-9-6-19-7-10-22)11-14-13-25-18(21-14)16-3-1-2-5-20-16;;/h1-3,5,13,15,19H,4,6-12H2;2*1H. The number of carbonyl (C=O) groups is 1. The molecule has 2 aromatic rings. The van der Waals surface area contributed by atoms with E-state index in [1.54, 1.807) is 17.5 Å². The molecule has 4 rings (SSSR count). The van der Waals surface area contributed by atoms with Crippen LogP contribution in [0.2, 0.25) is 0 Å². The first-order valence-electron chi connectivity index (χ1n) is 8.88. The maximum Gasteiger partial charge on any atom is 0.228 e. The van der Waals surface area contributed by atoms with Crippen molar-refractivity contribution in [2.75, 3.05) is 39.3 Å². The summed E-state index contributed by atoms with van der Waals surface area (Å²) in [5, 5.41) is 6.24. The van der Waals surface area contributed by atoms with Crippen molar-refractivity contribution in [2.24, 2.45) is 0 Å². The number of pyridine rings is 1. The zero-order valence-corrected chi connectivity index (χ0v) is 17.5. The molecule has 9 heteroatoms. The van der Waals surface area contributed by atoms with Crippen molar-refractivity contribution in [1.29, 1.82) is 0 Å².